The summed E-state index contributed by atoms with van der Waals surface area (Å²) < 4.78 is 19.0. The van der Waals surface area contributed by atoms with E-state index in [-0.39, 0.29) is 35.6 Å². The fraction of sp³-hybridized carbons (Fsp3) is 0.346. The number of ether oxygens (including phenoxy) is 3. The van der Waals surface area contributed by atoms with Crippen LogP contribution >= 0.6 is 11.6 Å². The molecule has 188 valence electrons. The minimum Gasteiger partial charge on any atom is -0.488 e. The normalized spacial score (nSPS) is 19.0. The number of pyridine rings is 1. The van der Waals surface area contributed by atoms with Gasteiger partial charge in [0.25, 0.3) is 5.91 Å². The lowest BCUT2D eigenvalue weighted by Gasteiger charge is -2.33. The summed E-state index contributed by atoms with van der Waals surface area (Å²) in [5.74, 6) is 0.366. The van der Waals surface area contributed by atoms with E-state index in [2.05, 4.69) is 10.3 Å². The molecule has 9 nitrogen and oxygen atoms in total. The van der Waals surface area contributed by atoms with Gasteiger partial charge in [-0.25, -0.2) is 9.78 Å². The Balaban J connectivity index is 1.42. The molecule has 0 radical (unpaired) electrons. The molecule has 0 bridgehead atoms. The molecule has 2 aliphatic heterocycles. The van der Waals surface area contributed by atoms with Crippen molar-refractivity contribution < 1.29 is 23.8 Å². The monoisotopic (exact) mass is 510 g/mol. The molecule has 2 aromatic heterocycles. The minimum absolute atomic E-state index is 0.00947. The fourth-order valence-electron chi connectivity index (χ4n) is 4.57. The number of aromatic nitrogens is 2. The first kappa shape index (κ1) is 24.0. The van der Waals surface area contributed by atoms with Crippen molar-refractivity contribution in [1.29, 1.82) is 0 Å². The number of halogens is 1. The van der Waals surface area contributed by atoms with Gasteiger partial charge >= 0.3 is 6.09 Å². The third kappa shape index (κ3) is 4.97. The van der Waals surface area contributed by atoms with Gasteiger partial charge in [0.1, 0.15) is 29.7 Å². The van der Waals surface area contributed by atoms with Crippen LogP contribution in [-0.2, 0) is 18.3 Å². The topological polar surface area (TPSA) is 94.9 Å². The van der Waals surface area contributed by atoms with Crippen molar-refractivity contribution in [3.05, 3.63) is 64.9 Å². The second-order valence-electron chi connectivity index (χ2n) is 8.96. The van der Waals surface area contributed by atoms with Crippen LogP contribution in [0.3, 0.4) is 0 Å². The Bertz CT molecular complexity index is 1280. The van der Waals surface area contributed by atoms with E-state index in [1.54, 1.807) is 23.1 Å². The van der Waals surface area contributed by atoms with Crippen LogP contribution in [0.2, 0.25) is 5.02 Å². The van der Waals surface area contributed by atoms with Gasteiger partial charge in [0.05, 0.1) is 13.2 Å². The van der Waals surface area contributed by atoms with E-state index in [1.165, 1.54) is 7.11 Å². The quantitative estimate of drug-likeness (QED) is 0.515. The van der Waals surface area contributed by atoms with Crippen LogP contribution in [0.15, 0.2) is 48.8 Å². The average molecular weight is 511 g/mol. The fourth-order valence-corrected chi connectivity index (χ4v) is 4.69. The van der Waals surface area contributed by atoms with E-state index in [0.717, 1.165) is 11.1 Å². The molecule has 2 fully saturated rings. The Labute approximate surface area is 213 Å². The number of benzene rings is 1. The molecule has 5 rings (SSSR count). The third-order valence-corrected chi connectivity index (χ3v) is 6.71. The zero-order valence-electron chi connectivity index (χ0n) is 20.1. The molecule has 2 aliphatic rings. The van der Waals surface area contributed by atoms with Crippen molar-refractivity contribution >= 4 is 23.6 Å². The highest BCUT2D eigenvalue weighted by molar-refractivity contribution is 6.30. The van der Waals surface area contributed by atoms with Gasteiger partial charge in [-0.3, -0.25) is 4.79 Å². The maximum absolute atomic E-state index is 13.2. The second-order valence-corrected chi connectivity index (χ2v) is 9.39. The highest BCUT2D eigenvalue weighted by Crippen LogP contribution is 2.36. The highest BCUT2D eigenvalue weighted by atomic mass is 35.5. The maximum Gasteiger partial charge on any atom is 0.410 e. The molecular weight excluding hydrogens is 484 g/mol. The van der Waals surface area contributed by atoms with Crippen LogP contribution in [-0.4, -0.2) is 58.9 Å². The molecule has 10 heteroatoms. The molecule has 4 heterocycles. The van der Waals surface area contributed by atoms with Crippen molar-refractivity contribution in [3.63, 3.8) is 0 Å². The first-order valence-corrected chi connectivity index (χ1v) is 12.1. The van der Waals surface area contributed by atoms with E-state index in [0.29, 0.717) is 49.0 Å². The SMILES string of the molecule is COc1nc(-c2ccn(C)c2)c(O[C@H]2CCN3C(=O)OC[C@@H]3C2)cc1C(=O)NCc1ccc(Cl)cc1. The number of carbonyl (C=O) groups is 2. The van der Waals surface area contributed by atoms with Gasteiger partial charge in [0, 0.05) is 62.0 Å². The number of aryl methyl sites for hydroxylation is 1. The zero-order chi connectivity index (χ0) is 25.2. The molecule has 0 aliphatic carbocycles. The lowest BCUT2D eigenvalue weighted by molar-refractivity contribution is 0.0913. The minimum atomic E-state index is -0.330. The third-order valence-electron chi connectivity index (χ3n) is 6.46. The Morgan fingerprint density at radius 2 is 2.08 bits per heavy atom. The predicted molar refractivity (Wildman–Crippen MR) is 133 cm³/mol. The number of nitrogens with one attached hydrogen (secondary N) is 1. The Kier molecular flexibility index (Phi) is 6.73. The smallest absolute Gasteiger partial charge is 0.410 e. The van der Waals surface area contributed by atoms with Gasteiger partial charge in [0.15, 0.2) is 0 Å². The van der Waals surface area contributed by atoms with Crippen molar-refractivity contribution in [2.45, 2.75) is 31.5 Å². The van der Waals surface area contributed by atoms with Crippen LogP contribution in [0.4, 0.5) is 4.79 Å². The van der Waals surface area contributed by atoms with Crippen LogP contribution < -0.4 is 14.8 Å². The summed E-state index contributed by atoms with van der Waals surface area (Å²) in [6.45, 7) is 1.25. The molecular formula is C26H27ClN4O5. The van der Waals surface area contributed by atoms with Crippen LogP contribution in [0.5, 0.6) is 11.6 Å². The molecule has 36 heavy (non-hydrogen) atoms. The molecule has 1 N–H and O–H groups in total. The lowest BCUT2D eigenvalue weighted by Crippen LogP contribution is -2.44. The Morgan fingerprint density at radius 3 is 2.81 bits per heavy atom. The summed E-state index contributed by atoms with van der Waals surface area (Å²) in [5, 5.41) is 3.55. The van der Waals surface area contributed by atoms with Gasteiger partial charge < -0.3 is 29.0 Å². The van der Waals surface area contributed by atoms with E-state index in [4.69, 9.17) is 25.8 Å². The number of hydrogen-bond acceptors (Lipinski definition) is 6. The molecule has 0 saturated carbocycles. The van der Waals surface area contributed by atoms with Crippen LogP contribution in [0.1, 0.15) is 28.8 Å². The summed E-state index contributed by atoms with van der Waals surface area (Å²) in [5.41, 5.74) is 2.62. The Hall–Kier alpha value is -3.72. The van der Waals surface area contributed by atoms with Crippen molar-refractivity contribution in [2.75, 3.05) is 20.3 Å². The second kappa shape index (κ2) is 10.1. The number of fused-ring (bicyclic) bond motifs is 1. The van der Waals surface area contributed by atoms with Gasteiger partial charge in [-0.2, -0.15) is 0 Å². The van der Waals surface area contributed by atoms with E-state index in [1.807, 2.05) is 42.2 Å². The zero-order valence-corrected chi connectivity index (χ0v) is 20.8. The van der Waals surface area contributed by atoms with Crippen molar-refractivity contribution in [2.24, 2.45) is 7.05 Å². The number of nitrogens with zero attached hydrogens (tertiary/aromatic N) is 3. The number of carbonyl (C=O) groups excluding carboxylic acids is 2. The number of piperidine rings is 1. The average Bonchev–Trinajstić information content (AvgIpc) is 3.48. The Morgan fingerprint density at radius 1 is 1.28 bits per heavy atom. The van der Waals surface area contributed by atoms with Gasteiger partial charge in [-0.15, -0.1) is 0 Å². The number of cyclic esters (lactones) is 1. The number of rotatable bonds is 7. The summed E-state index contributed by atoms with van der Waals surface area (Å²) in [7, 11) is 3.41. The predicted octanol–water partition coefficient (Wildman–Crippen LogP) is 4.04. The van der Waals surface area contributed by atoms with Crippen LogP contribution in [0.25, 0.3) is 11.3 Å². The summed E-state index contributed by atoms with van der Waals surface area (Å²) >= 11 is 5.96. The standard InChI is InChI=1S/C26H27ClN4O5/c1-30-9-7-17(14-30)23-22(36-20-8-10-31-19(11-20)15-35-26(31)33)12-21(25(29-23)34-2)24(32)28-13-16-3-5-18(27)6-4-16/h3-7,9,12,14,19-20H,8,10-11,13,15H2,1-2H3,(H,28,32)/t19-,20-/m0/s1. The molecule has 0 spiro atoms. The maximum atomic E-state index is 13.2. The van der Waals surface area contributed by atoms with E-state index >= 15 is 0 Å². The first-order valence-electron chi connectivity index (χ1n) is 11.8. The van der Waals surface area contributed by atoms with E-state index < -0.39 is 0 Å². The number of hydrogen-bond donors (Lipinski definition) is 1. The largest absolute Gasteiger partial charge is 0.488 e. The van der Waals surface area contributed by atoms with Crippen LogP contribution in [0, 0.1) is 0 Å². The van der Waals surface area contributed by atoms with E-state index in [9.17, 15) is 9.59 Å². The summed E-state index contributed by atoms with van der Waals surface area (Å²) in [6.07, 6.45) is 4.73. The first-order chi connectivity index (χ1) is 17.4. The highest BCUT2D eigenvalue weighted by Gasteiger charge is 2.39. The van der Waals surface area contributed by atoms with Gasteiger partial charge in [0.2, 0.25) is 5.88 Å². The molecule has 1 aromatic carbocycles. The molecule has 2 amide bonds. The van der Waals surface area contributed by atoms with Gasteiger partial charge in [-0.1, -0.05) is 23.7 Å². The lowest BCUT2D eigenvalue weighted by atomic mass is 10.0. The summed E-state index contributed by atoms with van der Waals surface area (Å²) in [6, 6.07) is 10.9. The molecule has 2 atom stereocenters. The van der Waals surface area contributed by atoms with Gasteiger partial charge in [-0.05, 0) is 23.8 Å². The molecule has 2 saturated heterocycles. The number of methoxy groups -OCH3 is 1. The van der Waals surface area contributed by atoms with Crippen molar-refractivity contribution in [1.82, 2.24) is 19.8 Å². The summed E-state index contributed by atoms with van der Waals surface area (Å²) in [4.78, 5) is 31.5. The molecule has 0 unspecified atom stereocenters. The molecule has 3 aromatic rings. The number of amides is 2. The van der Waals surface area contributed by atoms with Crippen molar-refractivity contribution in [3.8, 4) is 22.9 Å².